The van der Waals surface area contributed by atoms with E-state index in [-0.39, 0.29) is 33.0 Å². The van der Waals surface area contributed by atoms with Crippen molar-refractivity contribution in [3.8, 4) is 0 Å². The standard InChI is InChI=1S/C49H55N3O13/c1-5-26-56-46-44(59-28-36-20-12-7-13-21-36)43(58-27-35-18-10-6-11-19-35)45(60-29-37-22-14-8-15-23-37)47(61-30-38-24-16-9-17-25-38)48(46)65-49-40(51-52-50)42(63-34(4)55)41(62-33(3)54)39(64-49)31-57-32(2)53/h5-25,39-49H,1,26-31H2,2-4H3/t39-,40-,41-,42-,43-,44-,45+,46-,47-,48+,49-/m1/s1. The monoisotopic (exact) mass is 893 g/mol. The van der Waals surface area contributed by atoms with Crippen LogP contribution in [0, 0.1) is 0 Å². The van der Waals surface area contributed by atoms with Gasteiger partial charge in [-0.2, -0.15) is 0 Å². The van der Waals surface area contributed by atoms with Gasteiger partial charge >= 0.3 is 17.9 Å². The van der Waals surface area contributed by atoms with E-state index in [2.05, 4.69) is 16.6 Å². The number of hydrogen-bond donors (Lipinski definition) is 0. The molecule has 0 radical (unpaired) electrons. The maximum atomic E-state index is 12.7. The lowest BCUT2D eigenvalue weighted by atomic mass is 9.83. The molecule has 344 valence electrons. The number of azide groups is 1. The molecule has 6 rings (SSSR count). The van der Waals surface area contributed by atoms with E-state index < -0.39 is 91.8 Å². The van der Waals surface area contributed by atoms with E-state index in [1.807, 2.05) is 121 Å². The number of carbonyl (C=O) groups is 3. The van der Waals surface area contributed by atoms with Gasteiger partial charge in [0.1, 0.15) is 55.4 Å². The van der Waals surface area contributed by atoms with Crippen LogP contribution < -0.4 is 0 Å². The third kappa shape index (κ3) is 14.0. The highest BCUT2D eigenvalue weighted by atomic mass is 16.7. The van der Waals surface area contributed by atoms with Gasteiger partial charge in [-0.3, -0.25) is 14.4 Å². The Hall–Kier alpha value is -5.94. The SMILES string of the molecule is C=CCO[C@@H]1[C@H](OCc2ccccc2)[C@@H](OCc2ccccc2)[C@H](OCc2ccccc2)[C@@H](OCc2ccccc2)[C@H]1O[C@H]1O[C@H](COC(C)=O)[C@@H](OC(C)=O)[C@H](OC(C)=O)[C@H]1N=[N+]=[N-]. The Morgan fingerprint density at radius 1 is 0.569 bits per heavy atom. The molecule has 1 saturated carbocycles. The Balaban J connectivity index is 1.51. The van der Waals surface area contributed by atoms with Crippen molar-refractivity contribution in [3.05, 3.63) is 167 Å². The Morgan fingerprint density at radius 2 is 0.954 bits per heavy atom. The summed E-state index contributed by atoms with van der Waals surface area (Å²) >= 11 is 0. The molecule has 2 aliphatic rings. The van der Waals surface area contributed by atoms with Crippen molar-refractivity contribution < 1.29 is 61.8 Å². The number of nitrogens with zero attached hydrogens (tertiary/aromatic N) is 3. The van der Waals surface area contributed by atoms with Crippen LogP contribution in [0.3, 0.4) is 0 Å². The second-order valence-electron chi connectivity index (χ2n) is 15.4. The van der Waals surface area contributed by atoms with Crippen LogP contribution in [0.25, 0.3) is 10.4 Å². The van der Waals surface area contributed by atoms with E-state index in [0.29, 0.717) is 0 Å². The first kappa shape index (κ1) is 48.5. The molecule has 0 unspecified atom stereocenters. The zero-order valence-electron chi connectivity index (χ0n) is 36.6. The summed E-state index contributed by atoms with van der Waals surface area (Å²) < 4.78 is 64.5. The average molecular weight is 894 g/mol. The highest BCUT2D eigenvalue weighted by Crippen LogP contribution is 2.39. The molecule has 16 heteroatoms. The smallest absolute Gasteiger partial charge is 0.303 e. The van der Waals surface area contributed by atoms with Crippen LogP contribution in [0.4, 0.5) is 0 Å². The van der Waals surface area contributed by atoms with Crippen molar-refractivity contribution in [1.29, 1.82) is 0 Å². The van der Waals surface area contributed by atoms with Crippen molar-refractivity contribution >= 4 is 17.9 Å². The Morgan fingerprint density at radius 3 is 1.32 bits per heavy atom. The number of esters is 3. The lowest BCUT2D eigenvalue weighted by molar-refractivity contribution is -0.336. The van der Waals surface area contributed by atoms with E-state index in [9.17, 15) is 19.9 Å². The van der Waals surface area contributed by atoms with Crippen LogP contribution in [-0.4, -0.2) is 98.4 Å². The number of hydrogen-bond acceptors (Lipinski definition) is 14. The summed E-state index contributed by atoms with van der Waals surface area (Å²) in [6.07, 6.45) is -10.2. The molecule has 16 nitrogen and oxygen atoms in total. The minimum atomic E-state index is -1.57. The first-order valence-electron chi connectivity index (χ1n) is 21.3. The molecule has 4 aromatic rings. The summed E-state index contributed by atoms with van der Waals surface area (Å²) in [5, 5.41) is 4.00. The van der Waals surface area contributed by atoms with E-state index in [4.69, 9.17) is 47.4 Å². The van der Waals surface area contributed by atoms with E-state index in [1.165, 1.54) is 6.92 Å². The average Bonchev–Trinajstić information content (AvgIpc) is 3.31. The summed E-state index contributed by atoms with van der Waals surface area (Å²) in [4.78, 5) is 40.4. The molecule has 1 heterocycles. The van der Waals surface area contributed by atoms with Crippen LogP contribution in [-0.2, 0) is 88.2 Å². The zero-order valence-corrected chi connectivity index (χ0v) is 36.6. The summed E-state index contributed by atoms with van der Waals surface area (Å²) in [6.45, 7) is 7.48. The molecule has 0 bridgehead atoms. The predicted molar refractivity (Wildman–Crippen MR) is 234 cm³/mol. The fourth-order valence-corrected chi connectivity index (χ4v) is 7.81. The summed E-state index contributed by atoms with van der Waals surface area (Å²) in [5.41, 5.74) is 13.4. The molecule has 4 aromatic carbocycles. The van der Waals surface area contributed by atoms with Gasteiger partial charge in [0.15, 0.2) is 18.5 Å². The minimum absolute atomic E-state index is 0.0209. The quantitative estimate of drug-likeness (QED) is 0.0194. The molecule has 0 spiro atoms. The minimum Gasteiger partial charge on any atom is -0.463 e. The Kier molecular flexibility index (Phi) is 18.6. The van der Waals surface area contributed by atoms with Crippen molar-refractivity contribution in [3.63, 3.8) is 0 Å². The molecular weight excluding hydrogens is 839 g/mol. The van der Waals surface area contributed by atoms with Crippen molar-refractivity contribution in [2.24, 2.45) is 5.11 Å². The van der Waals surface area contributed by atoms with Gasteiger partial charge < -0.3 is 47.4 Å². The van der Waals surface area contributed by atoms with Crippen molar-refractivity contribution in [1.82, 2.24) is 0 Å². The molecule has 1 aliphatic carbocycles. The van der Waals surface area contributed by atoms with Crippen LogP contribution in [0.2, 0.25) is 0 Å². The third-order valence-electron chi connectivity index (χ3n) is 10.6. The van der Waals surface area contributed by atoms with Gasteiger partial charge in [-0.25, -0.2) is 0 Å². The van der Waals surface area contributed by atoms with Crippen LogP contribution in [0.5, 0.6) is 0 Å². The maximum Gasteiger partial charge on any atom is 0.303 e. The fraction of sp³-hybridized carbons (Fsp3) is 0.408. The molecule has 0 aromatic heterocycles. The van der Waals surface area contributed by atoms with Crippen molar-refractivity contribution in [2.45, 2.75) is 114 Å². The van der Waals surface area contributed by atoms with Gasteiger partial charge in [-0.15, -0.1) is 6.58 Å². The molecule has 2 fully saturated rings. The van der Waals surface area contributed by atoms with Crippen molar-refractivity contribution in [2.75, 3.05) is 13.2 Å². The normalized spacial score (nSPS) is 26.2. The molecule has 0 N–H and O–H groups in total. The predicted octanol–water partition coefficient (Wildman–Crippen LogP) is 7.13. The maximum absolute atomic E-state index is 12.7. The largest absolute Gasteiger partial charge is 0.463 e. The Labute approximate surface area is 378 Å². The summed E-state index contributed by atoms with van der Waals surface area (Å²) in [5.74, 6) is -2.21. The van der Waals surface area contributed by atoms with Crippen LogP contribution in [0.15, 0.2) is 139 Å². The first-order chi connectivity index (χ1) is 31.6. The second kappa shape index (κ2) is 24.9. The van der Waals surface area contributed by atoms with Gasteiger partial charge in [0.05, 0.1) is 33.0 Å². The van der Waals surface area contributed by atoms with Crippen LogP contribution >= 0.6 is 0 Å². The molecule has 65 heavy (non-hydrogen) atoms. The zero-order chi connectivity index (χ0) is 46.0. The molecular formula is C49H55N3O13. The number of rotatable bonds is 22. The van der Waals surface area contributed by atoms with Gasteiger partial charge in [0, 0.05) is 25.7 Å². The van der Waals surface area contributed by atoms with Crippen LogP contribution in [0.1, 0.15) is 43.0 Å². The number of ether oxygens (including phenoxy) is 10. The first-order valence-corrected chi connectivity index (χ1v) is 21.3. The van der Waals surface area contributed by atoms with Gasteiger partial charge in [-0.05, 0) is 27.8 Å². The second-order valence-corrected chi connectivity index (χ2v) is 15.4. The highest BCUT2D eigenvalue weighted by molar-refractivity contribution is 5.68. The topological polar surface area (TPSA) is 192 Å². The van der Waals surface area contributed by atoms with E-state index in [1.54, 1.807) is 6.08 Å². The van der Waals surface area contributed by atoms with Gasteiger partial charge in [-0.1, -0.05) is 133 Å². The fourth-order valence-electron chi connectivity index (χ4n) is 7.81. The van der Waals surface area contributed by atoms with E-state index in [0.717, 1.165) is 36.1 Å². The Bertz CT molecular complexity index is 2150. The lowest BCUT2D eigenvalue weighted by Gasteiger charge is -2.51. The molecule has 11 atom stereocenters. The number of benzene rings is 4. The summed E-state index contributed by atoms with van der Waals surface area (Å²) in [6, 6.07) is 36.9. The third-order valence-corrected chi connectivity index (χ3v) is 10.6. The molecule has 1 saturated heterocycles. The number of carbonyl (C=O) groups excluding carboxylic acids is 3. The molecule has 1 aliphatic heterocycles. The van der Waals surface area contributed by atoms with E-state index >= 15 is 0 Å². The molecule has 0 amide bonds. The highest BCUT2D eigenvalue weighted by Gasteiger charge is 2.58. The van der Waals surface area contributed by atoms with Gasteiger partial charge in [0.2, 0.25) is 0 Å². The summed E-state index contributed by atoms with van der Waals surface area (Å²) in [7, 11) is 0. The lowest BCUT2D eigenvalue weighted by Crippen LogP contribution is -2.69. The van der Waals surface area contributed by atoms with Gasteiger partial charge in [0.25, 0.3) is 0 Å².